The minimum atomic E-state index is -2.97. The lowest BCUT2D eigenvalue weighted by atomic mass is 10.1. The molecule has 0 amide bonds. The van der Waals surface area contributed by atoms with E-state index < -0.39 is 9.84 Å². The second-order valence-corrected chi connectivity index (χ2v) is 6.04. The molecule has 4 nitrogen and oxygen atoms in total. The molecule has 0 bridgehead atoms. The second-order valence-electron chi connectivity index (χ2n) is 3.78. The van der Waals surface area contributed by atoms with E-state index in [0.717, 1.165) is 11.1 Å². The highest BCUT2D eigenvalue weighted by atomic mass is 32.2. The fraction of sp³-hybridized carbons (Fsp3) is 0.455. The molecule has 0 unspecified atom stereocenters. The van der Waals surface area contributed by atoms with Crippen LogP contribution in [0.2, 0.25) is 0 Å². The Bertz CT molecular complexity index is 454. The number of nitrogens with two attached hydrogens (primary N) is 1. The summed E-state index contributed by atoms with van der Waals surface area (Å²) in [4.78, 5) is 0. The Morgan fingerprint density at radius 2 is 2.06 bits per heavy atom. The van der Waals surface area contributed by atoms with E-state index in [4.69, 9.17) is 10.5 Å². The van der Waals surface area contributed by atoms with Crippen molar-refractivity contribution >= 4 is 9.84 Å². The first kappa shape index (κ1) is 13.0. The van der Waals surface area contributed by atoms with Gasteiger partial charge in [-0.15, -0.1) is 0 Å². The predicted octanol–water partition coefficient (Wildman–Crippen LogP) is 0.877. The van der Waals surface area contributed by atoms with Crippen LogP contribution in [-0.2, 0) is 16.4 Å². The number of ether oxygens (including phenoxy) is 1. The standard InChI is InChI=1S/C11H17NO3S/c1-9-3-4-10(8-12)7-11(9)15-5-6-16(2,13)14/h3-4,7H,5-6,8,12H2,1-2H3. The molecule has 5 heteroatoms. The molecule has 0 aromatic heterocycles. The molecule has 0 fully saturated rings. The minimum Gasteiger partial charge on any atom is -0.492 e. The third-order valence-electron chi connectivity index (χ3n) is 2.20. The Balaban J connectivity index is 2.66. The minimum absolute atomic E-state index is 0.0271. The third-order valence-corrected chi connectivity index (χ3v) is 3.11. The van der Waals surface area contributed by atoms with Gasteiger partial charge in [-0.1, -0.05) is 12.1 Å². The van der Waals surface area contributed by atoms with Crippen LogP contribution in [0.3, 0.4) is 0 Å². The number of hydrogen-bond acceptors (Lipinski definition) is 4. The third kappa shape index (κ3) is 4.20. The van der Waals surface area contributed by atoms with Gasteiger partial charge in [0.05, 0.1) is 5.75 Å². The maximum absolute atomic E-state index is 10.9. The van der Waals surface area contributed by atoms with Gasteiger partial charge in [-0.3, -0.25) is 0 Å². The van der Waals surface area contributed by atoms with Crippen LogP contribution in [0.4, 0.5) is 0 Å². The van der Waals surface area contributed by atoms with E-state index in [2.05, 4.69) is 0 Å². The summed E-state index contributed by atoms with van der Waals surface area (Å²) in [7, 11) is -2.97. The number of hydrogen-bond donors (Lipinski definition) is 1. The van der Waals surface area contributed by atoms with Crippen molar-refractivity contribution in [2.75, 3.05) is 18.6 Å². The van der Waals surface area contributed by atoms with Gasteiger partial charge in [-0.2, -0.15) is 0 Å². The fourth-order valence-corrected chi connectivity index (χ4v) is 1.62. The molecular weight excluding hydrogens is 226 g/mol. The van der Waals surface area contributed by atoms with Crippen LogP contribution in [-0.4, -0.2) is 27.0 Å². The molecule has 0 saturated carbocycles. The van der Waals surface area contributed by atoms with Gasteiger partial charge >= 0.3 is 0 Å². The Morgan fingerprint density at radius 1 is 1.38 bits per heavy atom. The van der Waals surface area contributed by atoms with Gasteiger partial charge in [-0.25, -0.2) is 8.42 Å². The van der Waals surface area contributed by atoms with Crippen molar-refractivity contribution in [2.45, 2.75) is 13.5 Å². The van der Waals surface area contributed by atoms with E-state index in [1.807, 2.05) is 25.1 Å². The molecule has 0 atom stereocenters. The quantitative estimate of drug-likeness (QED) is 0.833. The van der Waals surface area contributed by atoms with Crippen LogP contribution in [0.15, 0.2) is 18.2 Å². The van der Waals surface area contributed by atoms with Crippen molar-refractivity contribution in [3.8, 4) is 5.75 Å². The number of sulfone groups is 1. The van der Waals surface area contributed by atoms with Gasteiger partial charge < -0.3 is 10.5 Å². The zero-order chi connectivity index (χ0) is 12.2. The summed E-state index contributed by atoms with van der Waals surface area (Å²) in [6.07, 6.45) is 1.19. The first-order chi connectivity index (χ1) is 7.42. The molecule has 0 aliphatic rings. The van der Waals surface area contributed by atoms with Crippen LogP contribution < -0.4 is 10.5 Å². The summed E-state index contributed by atoms with van der Waals surface area (Å²) in [5.74, 6) is 0.728. The normalized spacial score (nSPS) is 11.4. The van der Waals surface area contributed by atoms with E-state index in [1.54, 1.807) is 0 Å². The van der Waals surface area contributed by atoms with Gasteiger partial charge in [0.1, 0.15) is 12.4 Å². The summed E-state index contributed by atoms with van der Waals surface area (Å²) < 4.78 is 27.3. The summed E-state index contributed by atoms with van der Waals surface area (Å²) >= 11 is 0. The summed E-state index contributed by atoms with van der Waals surface area (Å²) in [6, 6.07) is 5.69. The SMILES string of the molecule is Cc1ccc(CN)cc1OCCS(C)(=O)=O. The zero-order valence-corrected chi connectivity index (χ0v) is 10.4. The molecule has 0 spiro atoms. The number of rotatable bonds is 5. The maximum Gasteiger partial charge on any atom is 0.150 e. The van der Waals surface area contributed by atoms with E-state index in [9.17, 15) is 8.42 Å². The lowest BCUT2D eigenvalue weighted by Crippen LogP contribution is -2.12. The summed E-state index contributed by atoms with van der Waals surface area (Å²) in [5.41, 5.74) is 7.46. The Hall–Kier alpha value is -1.07. The van der Waals surface area contributed by atoms with Crippen LogP contribution in [0.25, 0.3) is 0 Å². The molecule has 1 aromatic rings. The fourth-order valence-electron chi connectivity index (χ4n) is 1.23. The molecule has 0 aliphatic heterocycles. The molecule has 0 saturated heterocycles. The molecule has 16 heavy (non-hydrogen) atoms. The zero-order valence-electron chi connectivity index (χ0n) is 9.56. The van der Waals surface area contributed by atoms with Crippen LogP contribution in [0.5, 0.6) is 5.75 Å². The number of benzene rings is 1. The number of aryl methyl sites for hydroxylation is 1. The van der Waals surface area contributed by atoms with Crippen molar-refractivity contribution in [3.05, 3.63) is 29.3 Å². The van der Waals surface area contributed by atoms with Crippen LogP contribution in [0.1, 0.15) is 11.1 Å². The van der Waals surface area contributed by atoms with Gasteiger partial charge in [0.25, 0.3) is 0 Å². The molecule has 1 rings (SSSR count). The molecule has 1 aromatic carbocycles. The molecule has 0 heterocycles. The van der Waals surface area contributed by atoms with E-state index in [1.165, 1.54) is 6.26 Å². The lowest BCUT2D eigenvalue weighted by molar-refractivity contribution is 0.338. The predicted molar refractivity (Wildman–Crippen MR) is 64.3 cm³/mol. The smallest absolute Gasteiger partial charge is 0.150 e. The first-order valence-corrected chi connectivity index (χ1v) is 7.08. The maximum atomic E-state index is 10.9. The topological polar surface area (TPSA) is 69.4 Å². The molecule has 90 valence electrons. The Labute approximate surface area is 96.3 Å². The van der Waals surface area contributed by atoms with Crippen LogP contribution >= 0.6 is 0 Å². The highest BCUT2D eigenvalue weighted by Gasteiger charge is 2.05. The lowest BCUT2D eigenvalue weighted by Gasteiger charge is -2.09. The Morgan fingerprint density at radius 3 is 2.62 bits per heavy atom. The van der Waals surface area contributed by atoms with Gasteiger partial charge in [0.2, 0.25) is 0 Å². The van der Waals surface area contributed by atoms with Crippen molar-refractivity contribution < 1.29 is 13.2 Å². The summed E-state index contributed by atoms with van der Waals surface area (Å²) in [6.45, 7) is 2.53. The highest BCUT2D eigenvalue weighted by molar-refractivity contribution is 7.90. The summed E-state index contributed by atoms with van der Waals surface area (Å²) in [5, 5.41) is 0. The second kappa shape index (κ2) is 5.32. The molecule has 0 aliphatic carbocycles. The van der Waals surface area contributed by atoms with E-state index >= 15 is 0 Å². The average molecular weight is 243 g/mol. The van der Waals surface area contributed by atoms with Gasteiger partial charge in [0.15, 0.2) is 9.84 Å². The monoisotopic (exact) mass is 243 g/mol. The Kier molecular flexibility index (Phi) is 4.32. The van der Waals surface area contributed by atoms with Gasteiger partial charge in [-0.05, 0) is 24.1 Å². The van der Waals surface area contributed by atoms with E-state index in [-0.39, 0.29) is 12.4 Å². The van der Waals surface area contributed by atoms with Crippen molar-refractivity contribution in [1.82, 2.24) is 0 Å². The highest BCUT2D eigenvalue weighted by Crippen LogP contribution is 2.19. The molecular formula is C11H17NO3S. The van der Waals surface area contributed by atoms with Crippen molar-refractivity contribution in [3.63, 3.8) is 0 Å². The molecule has 2 N–H and O–H groups in total. The largest absolute Gasteiger partial charge is 0.492 e. The van der Waals surface area contributed by atoms with Crippen molar-refractivity contribution in [2.24, 2.45) is 5.73 Å². The van der Waals surface area contributed by atoms with Gasteiger partial charge in [0, 0.05) is 12.8 Å². The average Bonchev–Trinajstić information content (AvgIpc) is 2.19. The first-order valence-electron chi connectivity index (χ1n) is 5.02. The van der Waals surface area contributed by atoms with E-state index in [0.29, 0.717) is 12.3 Å². The van der Waals surface area contributed by atoms with Crippen LogP contribution in [0, 0.1) is 6.92 Å². The van der Waals surface area contributed by atoms with Crippen molar-refractivity contribution in [1.29, 1.82) is 0 Å². The molecule has 0 radical (unpaired) electrons.